The van der Waals surface area contributed by atoms with Gasteiger partial charge in [0.05, 0.1) is 5.71 Å². The third-order valence-corrected chi connectivity index (χ3v) is 0.857. The second kappa shape index (κ2) is 8.68. The van der Waals surface area contributed by atoms with Gasteiger partial charge in [0.1, 0.15) is 0 Å². The van der Waals surface area contributed by atoms with Crippen molar-refractivity contribution < 1.29 is 15.1 Å². The van der Waals surface area contributed by atoms with Crippen molar-refractivity contribution >= 4 is 11.7 Å². The van der Waals surface area contributed by atoms with Crippen LogP contribution in [-0.4, -0.2) is 22.0 Å². The molecule has 0 amide bonds. The van der Waals surface area contributed by atoms with Crippen molar-refractivity contribution in [1.29, 1.82) is 0 Å². The minimum absolute atomic E-state index is 0.773. The van der Waals surface area contributed by atoms with E-state index in [2.05, 4.69) is 11.7 Å². The quantitative estimate of drug-likeness (QED) is 0.277. The molecule has 0 aliphatic heterocycles. The zero-order valence-corrected chi connectivity index (χ0v) is 6.74. The van der Waals surface area contributed by atoms with E-state index < -0.39 is 5.97 Å². The molecule has 0 fully saturated rings. The summed E-state index contributed by atoms with van der Waals surface area (Å²) in [6.07, 6.45) is 1.66. The second-order valence-corrected chi connectivity index (χ2v) is 1.73. The van der Waals surface area contributed by atoms with Crippen LogP contribution in [0.4, 0.5) is 0 Å². The molecule has 64 valence electrons. The summed E-state index contributed by atoms with van der Waals surface area (Å²) in [5, 5.41) is 18.5. The zero-order chi connectivity index (χ0) is 9.28. The normalized spacial score (nSPS) is 9.45. The first-order valence-corrected chi connectivity index (χ1v) is 3.11. The van der Waals surface area contributed by atoms with E-state index in [1.807, 2.05) is 6.92 Å². The SMILES string of the molecule is C=CC(=O)O.CC/C(C)=N/O. The largest absolute Gasteiger partial charge is 0.478 e. The lowest BCUT2D eigenvalue weighted by atomic mass is 10.3. The third-order valence-electron chi connectivity index (χ3n) is 0.857. The van der Waals surface area contributed by atoms with Crippen molar-refractivity contribution in [2.75, 3.05) is 0 Å². The fourth-order valence-corrected chi connectivity index (χ4v) is 0.0707. The lowest BCUT2D eigenvalue weighted by molar-refractivity contribution is -0.131. The predicted molar refractivity (Wildman–Crippen MR) is 43.0 cm³/mol. The summed E-state index contributed by atoms with van der Waals surface area (Å²) >= 11 is 0. The minimum Gasteiger partial charge on any atom is -0.478 e. The van der Waals surface area contributed by atoms with Crippen LogP contribution < -0.4 is 0 Å². The van der Waals surface area contributed by atoms with Gasteiger partial charge in [-0.25, -0.2) is 4.79 Å². The van der Waals surface area contributed by atoms with Crippen molar-refractivity contribution in [2.24, 2.45) is 5.16 Å². The molecule has 0 spiro atoms. The van der Waals surface area contributed by atoms with E-state index in [0.29, 0.717) is 0 Å². The van der Waals surface area contributed by atoms with Gasteiger partial charge in [0.15, 0.2) is 0 Å². The van der Waals surface area contributed by atoms with E-state index >= 15 is 0 Å². The monoisotopic (exact) mass is 159 g/mol. The number of hydrogen-bond acceptors (Lipinski definition) is 3. The highest BCUT2D eigenvalue weighted by Gasteiger charge is 1.77. The van der Waals surface area contributed by atoms with E-state index in [9.17, 15) is 4.79 Å². The van der Waals surface area contributed by atoms with Gasteiger partial charge in [0.2, 0.25) is 0 Å². The van der Waals surface area contributed by atoms with Gasteiger partial charge < -0.3 is 10.3 Å². The van der Waals surface area contributed by atoms with Crippen molar-refractivity contribution in [3.63, 3.8) is 0 Å². The van der Waals surface area contributed by atoms with Gasteiger partial charge in [-0.1, -0.05) is 18.7 Å². The maximum atomic E-state index is 9.25. The van der Waals surface area contributed by atoms with Gasteiger partial charge in [-0.15, -0.1) is 0 Å². The molecule has 0 atom stereocenters. The molecule has 0 unspecified atom stereocenters. The average molecular weight is 159 g/mol. The Labute approximate surface area is 65.8 Å². The van der Waals surface area contributed by atoms with Crippen LogP contribution in [0.2, 0.25) is 0 Å². The van der Waals surface area contributed by atoms with Crippen molar-refractivity contribution in [3.8, 4) is 0 Å². The van der Waals surface area contributed by atoms with Crippen molar-refractivity contribution in [1.82, 2.24) is 0 Å². The van der Waals surface area contributed by atoms with Crippen LogP contribution in [0.15, 0.2) is 17.8 Å². The molecule has 0 bridgehead atoms. The van der Waals surface area contributed by atoms with E-state index in [0.717, 1.165) is 18.2 Å². The summed E-state index contributed by atoms with van der Waals surface area (Å²) in [5.74, 6) is -0.981. The Bertz CT molecular complexity index is 152. The summed E-state index contributed by atoms with van der Waals surface area (Å²) in [4.78, 5) is 9.25. The van der Waals surface area contributed by atoms with Gasteiger partial charge in [0, 0.05) is 6.08 Å². The Hall–Kier alpha value is -1.32. The number of hydrogen-bond donors (Lipinski definition) is 2. The molecule has 0 heterocycles. The molecular weight excluding hydrogens is 146 g/mol. The van der Waals surface area contributed by atoms with Crippen LogP contribution in [0.1, 0.15) is 20.3 Å². The minimum atomic E-state index is -0.981. The summed E-state index contributed by atoms with van der Waals surface area (Å²) in [5.41, 5.74) is 0.773. The molecule has 0 aromatic rings. The molecule has 0 aromatic carbocycles. The van der Waals surface area contributed by atoms with Crippen LogP contribution in [0.25, 0.3) is 0 Å². The number of oxime groups is 1. The molecule has 0 saturated carbocycles. The number of rotatable bonds is 2. The maximum absolute atomic E-state index is 9.25. The molecule has 0 aromatic heterocycles. The Morgan fingerprint density at radius 2 is 2.09 bits per heavy atom. The number of aliphatic carboxylic acids is 1. The highest BCUT2D eigenvalue weighted by Crippen LogP contribution is 1.78. The van der Waals surface area contributed by atoms with Crippen LogP contribution in [0.3, 0.4) is 0 Å². The van der Waals surface area contributed by atoms with Crippen molar-refractivity contribution in [3.05, 3.63) is 12.7 Å². The number of carbonyl (C=O) groups is 1. The van der Waals surface area contributed by atoms with E-state index in [-0.39, 0.29) is 0 Å². The molecule has 11 heavy (non-hydrogen) atoms. The van der Waals surface area contributed by atoms with Gasteiger partial charge in [-0.05, 0) is 13.3 Å². The number of carboxylic acids is 1. The summed E-state index contributed by atoms with van der Waals surface area (Å²) in [7, 11) is 0. The number of carboxylic acid groups (broad SMARTS) is 1. The Kier molecular flexibility index (Phi) is 9.76. The second-order valence-electron chi connectivity index (χ2n) is 1.73. The first-order chi connectivity index (χ1) is 5.08. The topological polar surface area (TPSA) is 69.9 Å². The Morgan fingerprint density at radius 3 is 2.09 bits per heavy atom. The van der Waals surface area contributed by atoms with Gasteiger partial charge in [-0.3, -0.25) is 0 Å². The first-order valence-electron chi connectivity index (χ1n) is 3.11. The lowest BCUT2D eigenvalue weighted by Crippen LogP contribution is -1.83. The van der Waals surface area contributed by atoms with Crippen LogP contribution in [0, 0.1) is 0 Å². The molecule has 4 nitrogen and oxygen atoms in total. The molecule has 4 heteroatoms. The summed E-state index contributed by atoms with van der Waals surface area (Å²) in [6.45, 7) is 6.68. The van der Waals surface area contributed by atoms with Crippen molar-refractivity contribution in [2.45, 2.75) is 20.3 Å². The average Bonchev–Trinajstić information content (AvgIpc) is 2.04. The first kappa shape index (κ1) is 12.4. The fraction of sp³-hybridized carbons (Fsp3) is 0.429. The van der Waals surface area contributed by atoms with E-state index in [4.69, 9.17) is 10.3 Å². The molecule has 0 aliphatic carbocycles. The van der Waals surface area contributed by atoms with Crippen LogP contribution >= 0.6 is 0 Å². The standard InChI is InChI=1S/C4H9NO.C3H4O2/c1-3-4(2)5-6;1-2-3(4)5/h6H,3H2,1-2H3;2H,1H2,(H,4,5)/b5-4+;. The Balaban J connectivity index is 0. The molecule has 2 N–H and O–H groups in total. The molecule has 0 saturated heterocycles. The molecule has 0 radical (unpaired) electrons. The predicted octanol–water partition coefficient (Wildman–Crippen LogP) is 1.50. The van der Waals surface area contributed by atoms with Gasteiger partial charge in [0.25, 0.3) is 0 Å². The number of nitrogens with zero attached hydrogens (tertiary/aromatic N) is 1. The molecular formula is C7H13NO3. The maximum Gasteiger partial charge on any atom is 0.327 e. The smallest absolute Gasteiger partial charge is 0.327 e. The third kappa shape index (κ3) is 17.7. The highest BCUT2D eigenvalue weighted by molar-refractivity contribution is 5.80. The van der Waals surface area contributed by atoms with Crippen LogP contribution in [-0.2, 0) is 4.79 Å². The highest BCUT2D eigenvalue weighted by atomic mass is 16.4. The molecule has 0 aliphatic rings. The fourth-order valence-electron chi connectivity index (χ4n) is 0.0707. The Morgan fingerprint density at radius 1 is 1.73 bits per heavy atom. The molecule has 0 rings (SSSR count). The van der Waals surface area contributed by atoms with Gasteiger partial charge >= 0.3 is 5.97 Å². The van der Waals surface area contributed by atoms with E-state index in [1.165, 1.54) is 0 Å². The zero-order valence-electron chi connectivity index (χ0n) is 6.74. The summed E-state index contributed by atoms with van der Waals surface area (Å²) < 4.78 is 0. The van der Waals surface area contributed by atoms with E-state index in [1.54, 1.807) is 6.92 Å². The lowest BCUT2D eigenvalue weighted by Gasteiger charge is -1.81. The van der Waals surface area contributed by atoms with Crippen LogP contribution in [0.5, 0.6) is 0 Å². The van der Waals surface area contributed by atoms with Gasteiger partial charge in [-0.2, -0.15) is 0 Å². The summed E-state index contributed by atoms with van der Waals surface area (Å²) in [6, 6.07) is 0.